The van der Waals surface area contributed by atoms with Crippen LogP contribution in [0.25, 0.3) is 0 Å². The molecule has 3 N–H and O–H groups in total. The Labute approximate surface area is 190 Å². The number of nitrogens with one attached hydrogen (secondary N) is 2. The van der Waals surface area contributed by atoms with Crippen molar-refractivity contribution in [1.82, 2.24) is 13.1 Å². The highest BCUT2D eigenvalue weighted by molar-refractivity contribution is 7.91. The summed E-state index contributed by atoms with van der Waals surface area (Å²) in [5.74, 6) is 2.14. The predicted octanol–water partition coefficient (Wildman–Crippen LogP) is 4.71. The first-order chi connectivity index (χ1) is 14.3. The number of hydrogen-bond donors (Lipinski definition) is 3. The molecule has 12 heteroatoms. The van der Waals surface area contributed by atoms with Gasteiger partial charge in [0.15, 0.2) is 21.6 Å². The molecule has 0 fully saturated rings. The fourth-order valence-corrected chi connectivity index (χ4v) is 6.06. The van der Waals surface area contributed by atoms with E-state index in [-0.39, 0.29) is 21.4 Å². The maximum atomic E-state index is 12.5. The minimum absolute atomic E-state index is 0.117. The van der Waals surface area contributed by atoms with Gasteiger partial charge >= 0.3 is 0 Å². The Hall–Kier alpha value is -2.15. The molecular formula is C19H27N5O4S3. The first-order valence-electron chi connectivity index (χ1n) is 9.49. The van der Waals surface area contributed by atoms with Gasteiger partial charge in [-0.25, -0.2) is 12.7 Å². The molecule has 0 spiro atoms. The molecule has 0 amide bonds. The Morgan fingerprint density at radius 2 is 1.81 bits per heavy atom. The summed E-state index contributed by atoms with van der Waals surface area (Å²) in [7, 11) is -0.924. The number of hydrogen-bond acceptors (Lipinski definition) is 10. The fraction of sp³-hybridized carbons (Fsp3) is 0.474. The van der Waals surface area contributed by atoms with Crippen molar-refractivity contribution in [3.05, 3.63) is 28.5 Å². The van der Waals surface area contributed by atoms with Crippen LogP contribution in [-0.2, 0) is 10.0 Å². The van der Waals surface area contributed by atoms with Crippen LogP contribution in [0.2, 0.25) is 0 Å². The Balaban J connectivity index is 1.94. The van der Waals surface area contributed by atoms with Crippen molar-refractivity contribution in [3.8, 4) is 5.75 Å². The van der Waals surface area contributed by atoms with Crippen LogP contribution >= 0.6 is 23.1 Å². The summed E-state index contributed by atoms with van der Waals surface area (Å²) < 4.78 is 40.4. The van der Waals surface area contributed by atoms with E-state index in [4.69, 9.17) is 4.42 Å². The van der Waals surface area contributed by atoms with Gasteiger partial charge in [-0.15, -0.1) is 11.3 Å². The van der Waals surface area contributed by atoms with E-state index in [9.17, 15) is 13.5 Å². The van der Waals surface area contributed by atoms with Crippen LogP contribution in [0.15, 0.2) is 20.8 Å². The zero-order valence-electron chi connectivity index (χ0n) is 18.5. The molecule has 0 aliphatic carbocycles. The number of furan rings is 1. The number of rotatable bonds is 7. The summed E-state index contributed by atoms with van der Waals surface area (Å²) in [6.07, 6.45) is 0. The monoisotopic (exact) mass is 485 g/mol. The summed E-state index contributed by atoms with van der Waals surface area (Å²) in [6, 6.07) is 3.65. The lowest BCUT2D eigenvalue weighted by Crippen LogP contribution is -2.25. The fourth-order valence-electron chi connectivity index (χ4n) is 2.94. The van der Waals surface area contributed by atoms with Gasteiger partial charge in [0.2, 0.25) is 0 Å². The molecule has 31 heavy (non-hydrogen) atoms. The molecule has 1 unspecified atom stereocenters. The second kappa shape index (κ2) is 8.41. The lowest BCUT2D eigenvalue weighted by molar-refractivity contribution is 0.300. The van der Waals surface area contributed by atoms with E-state index in [1.807, 2.05) is 19.1 Å². The second-order valence-electron chi connectivity index (χ2n) is 8.43. The largest absolute Gasteiger partial charge is 0.504 e. The van der Waals surface area contributed by atoms with Crippen molar-refractivity contribution in [2.24, 2.45) is 5.41 Å². The molecule has 0 saturated heterocycles. The number of aromatic hydroxyl groups is 1. The van der Waals surface area contributed by atoms with E-state index in [0.717, 1.165) is 38.9 Å². The topological polar surface area (TPSA) is 121 Å². The molecule has 0 aliphatic rings. The van der Waals surface area contributed by atoms with Crippen LogP contribution in [-0.4, -0.2) is 40.7 Å². The van der Waals surface area contributed by atoms with Crippen LogP contribution in [0.3, 0.4) is 0 Å². The molecule has 1 atom stereocenters. The van der Waals surface area contributed by atoms with E-state index in [2.05, 4.69) is 40.2 Å². The molecule has 0 radical (unpaired) electrons. The first-order valence-corrected chi connectivity index (χ1v) is 12.5. The third-order valence-corrected chi connectivity index (χ3v) is 8.59. The maximum Gasteiger partial charge on any atom is 0.255 e. The van der Waals surface area contributed by atoms with Gasteiger partial charge in [-0.05, 0) is 31.4 Å². The first kappa shape index (κ1) is 23.5. The number of sulfonamides is 1. The lowest BCUT2D eigenvalue weighted by atomic mass is 9.85. The van der Waals surface area contributed by atoms with E-state index in [1.54, 1.807) is 6.92 Å². The summed E-state index contributed by atoms with van der Waals surface area (Å²) >= 11 is 2.01. The highest BCUT2D eigenvalue weighted by Crippen LogP contribution is 2.45. The van der Waals surface area contributed by atoms with Crippen LogP contribution < -0.4 is 10.6 Å². The third-order valence-electron chi connectivity index (χ3n) is 4.67. The summed E-state index contributed by atoms with van der Waals surface area (Å²) in [6.45, 7) is 9.88. The number of nitrogens with zero attached hydrogens (tertiary/aromatic N) is 3. The Morgan fingerprint density at radius 1 is 1.16 bits per heavy atom. The van der Waals surface area contributed by atoms with Crippen LogP contribution in [0.1, 0.15) is 43.2 Å². The van der Waals surface area contributed by atoms with Crippen molar-refractivity contribution in [2.75, 3.05) is 24.7 Å². The number of anilines is 3. The number of thiophene rings is 1. The van der Waals surface area contributed by atoms with Gasteiger partial charge in [-0.1, -0.05) is 20.8 Å². The van der Waals surface area contributed by atoms with Crippen molar-refractivity contribution in [2.45, 2.75) is 44.9 Å². The average molecular weight is 486 g/mol. The zero-order valence-corrected chi connectivity index (χ0v) is 20.9. The van der Waals surface area contributed by atoms with E-state index < -0.39 is 10.0 Å². The molecule has 3 aromatic rings. The zero-order chi connectivity index (χ0) is 23.1. The second-order valence-corrected chi connectivity index (χ2v) is 12.5. The molecule has 3 rings (SSSR count). The Morgan fingerprint density at radius 3 is 2.35 bits per heavy atom. The minimum atomic E-state index is -3.77. The van der Waals surface area contributed by atoms with Gasteiger partial charge in [0.05, 0.1) is 23.5 Å². The quantitative estimate of drug-likeness (QED) is 0.440. The summed E-state index contributed by atoms with van der Waals surface area (Å²) in [5, 5.41) is 17.1. The molecule has 3 heterocycles. The number of aryl methyl sites for hydroxylation is 2. The van der Waals surface area contributed by atoms with Crippen LogP contribution in [0, 0.1) is 19.3 Å². The highest BCUT2D eigenvalue weighted by atomic mass is 32.2. The maximum absolute atomic E-state index is 12.5. The van der Waals surface area contributed by atoms with Crippen molar-refractivity contribution in [3.63, 3.8) is 0 Å². The molecule has 9 nitrogen and oxygen atoms in total. The molecule has 0 bridgehead atoms. The highest BCUT2D eigenvalue weighted by Gasteiger charge is 2.32. The lowest BCUT2D eigenvalue weighted by Gasteiger charge is -2.30. The van der Waals surface area contributed by atoms with E-state index >= 15 is 0 Å². The van der Waals surface area contributed by atoms with Crippen molar-refractivity contribution in [1.29, 1.82) is 0 Å². The normalized spacial score (nSPS) is 13.5. The van der Waals surface area contributed by atoms with Crippen LogP contribution in [0.5, 0.6) is 5.75 Å². The number of aromatic nitrogens is 2. The van der Waals surface area contributed by atoms with Crippen LogP contribution in [0.4, 0.5) is 17.3 Å². The van der Waals surface area contributed by atoms with Gasteiger partial charge < -0.3 is 20.2 Å². The Bertz CT molecular complexity index is 1170. The minimum Gasteiger partial charge on any atom is -0.504 e. The molecular weight excluding hydrogens is 458 g/mol. The standard InChI is InChI=1S/C19H27N5O4S3/c1-10-8-9-12(28-10)15(19(3,4)5)21-17-16(22-30-23-17)20-13-11(2)29-18(14(13)25)31(26,27)24(6)7/h8-9,15,25H,1-7H3,(H,20,22)(H,21,23). The Kier molecular flexibility index (Phi) is 6.38. The van der Waals surface area contributed by atoms with Gasteiger partial charge in [-0.2, -0.15) is 8.75 Å². The molecule has 0 saturated carbocycles. The molecule has 0 aliphatic heterocycles. The molecule has 3 aromatic heterocycles. The summed E-state index contributed by atoms with van der Waals surface area (Å²) in [4.78, 5) is 0.617. The van der Waals surface area contributed by atoms with E-state index in [1.165, 1.54) is 14.1 Å². The van der Waals surface area contributed by atoms with Gasteiger partial charge in [0.1, 0.15) is 11.5 Å². The smallest absolute Gasteiger partial charge is 0.255 e. The van der Waals surface area contributed by atoms with Gasteiger partial charge in [0.25, 0.3) is 10.0 Å². The van der Waals surface area contributed by atoms with Gasteiger partial charge in [0, 0.05) is 19.0 Å². The molecule has 170 valence electrons. The SMILES string of the molecule is Cc1ccc(C(Nc2nsnc2Nc2c(C)sc(S(=O)(=O)N(C)C)c2O)C(C)(C)C)o1. The molecule has 0 aromatic carbocycles. The van der Waals surface area contributed by atoms with Crippen molar-refractivity contribution < 1.29 is 17.9 Å². The van der Waals surface area contributed by atoms with Gasteiger partial charge in [-0.3, -0.25) is 0 Å². The summed E-state index contributed by atoms with van der Waals surface area (Å²) in [5.41, 5.74) is 0.0980. The average Bonchev–Trinajstić information content (AvgIpc) is 3.34. The van der Waals surface area contributed by atoms with E-state index in [0.29, 0.717) is 22.2 Å². The third kappa shape index (κ3) is 4.71. The predicted molar refractivity (Wildman–Crippen MR) is 124 cm³/mol. The van der Waals surface area contributed by atoms with Crippen molar-refractivity contribution >= 4 is 50.4 Å².